The highest BCUT2D eigenvalue weighted by Gasteiger charge is 2.17. The van der Waals surface area contributed by atoms with Crippen molar-refractivity contribution >= 4 is 22.4 Å². The number of hydrogen-bond acceptors (Lipinski definition) is 4. The number of amides is 1. The molecule has 1 heterocycles. The van der Waals surface area contributed by atoms with Gasteiger partial charge in [-0.1, -0.05) is 24.3 Å². The minimum atomic E-state index is -0.314. The maximum atomic E-state index is 12.8. The molecular formula is C22H25N3O2. The predicted octanol–water partition coefficient (Wildman–Crippen LogP) is 4.23. The number of carbonyl (C=O) groups excluding carboxylic acids is 1. The van der Waals surface area contributed by atoms with Gasteiger partial charge in [0.05, 0.1) is 0 Å². The molecule has 5 heteroatoms. The van der Waals surface area contributed by atoms with Gasteiger partial charge >= 0.3 is 0 Å². The zero-order valence-electron chi connectivity index (χ0n) is 16.2. The third-order valence-electron chi connectivity index (χ3n) is 4.21. The van der Waals surface area contributed by atoms with E-state index in [0.29, 0.717) is 17.9 Å². The molecule has 0 radical (unpaired) electrons. The summed E-state index contributed by atoms with van der Waals surface area (Å²) in [6.45, 7) is 8.29. The minimum Gasteiger partial charge on any atom is -0.488 e. The van der Waals surface area contributed by atoms with Crippen LogP contribution in [-0.4, -0.2) is 16.5 Å². The molecule has 0 aliphatic carbocycles. The summed E-state index contributed by atoms with van der Waals surface area (Å²) in [6, 6.07) is 13.3. The van der Waals surface area contributed by atoms with E-state index >= 15 is 0 Å². The van der Waals surface area contributed by atoms with E-state index < -0.39 is 0 Å². The number of nitrogens with two attached hydrogens (primary N) is 1. The molecule has 0 saturated heterocycles. The molecule has 3 aromatic rings. The Morgan fingerprint density at radius 2 is 1.89 bits per heavy atom. The molecule has 0 atom stereocenters. The lowest BCUT2D eigenvalue weighted by atomic mass is 10.0. The van der Waals surface area contributed by atoms with E-state index in [1.807, 2.05) is 70.2 Å². The van der Waals surface area contributed by atoms with Crippen LogP contribution in [0.4, 0.5) is 5.69 Å². The number of anilines is 1. The van der Waals surface area contributed by atoms with Gasteiger partial charge in [-0.2, -0.15) is 0 Å². The second-order valence-electron chi connectivity index (χ2n) is 7.56. The summed E-state index contributed by atoms with van der Waals surface area (Å²) >= 11 is 0. The molecule has 5 nitrogen and oxygen atoms in total. The van der Waals surface area contributed by atoms with Crippen molar-refractivity contribution in [2.24, 2.45) is 0 Å². The first kappa shape index (κ1) is 18.7. The van der Waals surface area contributed by atoms with Crippen LogP contribution in [-0.2, 0) is 6.54 Å². The summed E-state index contributed by atoms with van der Waals surface area (Å²) in [5, 5.41) is 4.58. The lowest BCUT2D eigenvalue weighted by Crippen LogP contribution is -2.27. The Bertz CT molecular complexity index is 991. The highest BCUT2D eigenvalue weighted by molar-refractivity contribution is 6.09. The lowest BCUT2D eigenvalue weighted by molar-refractivity contribution is 0.0946. The van der Waals surface area contributed by atoms with Crippen LogP contribution in [0.2, 0.25) is 0 Å². The number of carbonyl (C=O) groups is 1. The highest BCUT2D eigenvalue weighted by atomic mass is 16.5. The van der Waals surface area contributed by atoms with Crippen LogP contribution >= 0.6 is 0 Å². The van der Waals surface area contributed by atoms with E-state index in [-0.39, 0.29) is 11.5 Å². The number of aromatic nitrogens is 1. The zero-order valence-corrected chi connectivity index (χ0v) is 16.2. The first-order valence-electron chi connectivity index (χ1n) is 8.95. The fourth-order valence-electron chi connectivity index (χ4n) is 3.00. The Balaban J connectivity index is 1.86. The van der Waals surface area contributed by atoms with E-state index in [9.17, 15) is 4.79 Å². The summed E-state index contributed by atoms with van der Waals surface area (Å²) < 4.78 is 5.99. The van der Waals surface area contributed by atoms with Gasteiger partial charge in [0.15, 0.2) is 0 Å². The van der Waals surface area contributed by atoms with Crippen LogP contribution in [0.15, 0.2) is 48.7 Å². The summed E-state index contributed by atoms with van der Waals surface area (Å²) in [6.07, 6.45) is 1.61. The monoisotopic (exact) mass is 363 g/mol. The normalized spacial score (nSPS) is 11.4. The van der Waals surface area contributed by atoms with E-state index in [0.717, 1.165) is 27.6 Å². The SMILES string of the molecule is Cc1ccc(N)c2ccnc(C(=O)NCc3ccccc3OC(C)(C)C)c12. The largest absolute Gasteiger partial charge is 0.488 e. The van der Waals surface area contributed by atoms with E-state index in [4.69, 9.17) is 10.5 Å². The van der Waals surface area contributed by atoms with Crippen molar-refractivity contribution in [2.75, 3.05) is 5.73 Å². The Labute approximate surface area is 159 Å². The number of nitrogen functional groups attached to an aromatic ring is 1. The van der Waals surface area contributed by atoms with Crippen LogP contribution < -0.4 is 15.8 Å². The Hall–Kier alpha value is -3.08. The number of aryl methyl sites for hydroxylation is 1. The van der Waals surface area contributed by atoms with Gasteiger partial charge in [0.1, 0.15) is 17.0 Å². The van der Waals surface area contributed by atoms with Crippen molar-refractivity contribution in [2.45, 2.75) is 39.8 Å². The van der Waals surface area contributed by atoms with Gasteiger partial charge in [-0.05, 0) is 51.5 Å². The predicted molar refractivity (Wildman–Crippen MR) is 109 cm³/mol. The highest BCUT2D eigenvalue weighted by Crippen LogP contribution is 2.27. The molecule has 27 heavy (non-hydrogen) atoms. The smallest absolute Gasteiger partial charge is 0.270 e. The Morgan fingerprint density at radius 3 is 2.63 bits per heavy atom. The first-order valence-corrected chi connectivity index (χ1v) is 8.95. The van der Waals surface area contributed by atoms with Crippen molar-refractivity contribution < 1.29 is 9.53 Å². The van der Waals surface area contributed by atoms with Gasteiger partial charge in [-0.25, -0.2) is 0 Å². The van der Waals surface area contributed by atoms with Gasteiger partial charge in [0.25, 0.3) is 5.91 Å². The average Bonchev–Trinajstić information content (AvgIpc) is 2.62. The third kappa shape index (κ3) is 4.19. The van der Waals surface area contributed by atoms with Crippen molar-refractivity contribution in [1.82, 2.24) is 10.3 Å². The van der Waals surface area contributed by atoms with Crippen LogP contribution in [0.1, 0.15) is 42.4 Å². The van der Waals surface area contributed by atoms with Crippen molar-refractivity contribution in [3.8, 4) is 5.75 Å². The maximum Gasteiger partial charge on any atom is 0.270 e. The second kappa shape index (κ2) is 7.27. The van der Waals surface area contributed by atoms with Crippen LogP contribution in [0, 0.1) is 6.92 Å². The summed E-state index contributed by atoms with van der Waals surface area (Å²) in [4.78, 5) is 17.1. The quantitative estimate of drug-likeness (QED) is 0.680. The molecule has 0 unspecified atom stereocenters. The van der Waals surface area contributed by atoms with Crippen molar-refractivity contribution in [1.29, 1.82) is 0 Å². The van der Waals surface area contributed by atoms with Crippen LogP contribution in [0.5, 0.6) is 5.75 Å². The number of rotatable bonds is 4. The number of nitrogens with one attached hydrogen (secondary N) is 1. The fourth-order valence-corrected chi connectivity index (χ4v) is 3.00. The van der Waals surface area contributed by atoms with Gasteiger partial charge in [0.2, 0.25) is 0 Å². The molecular weight excluding hydrogens is 338 g/mol. The topological polar surface area (TPSA) is 77.2 Å². The molecule has 1 amide bonds. The summed E-state index contributed by atoms with van der Waals surface area (Å²) in [5.74, 6) is 0.525. The minimum absolute atomic E-state index is 0.236. The molecule has 140 valence electrons. The number of hydrogen-bond donors (Lipinski definition) is 2. The summed E-state index contributed by atoms with van der Waals surface area (Å²) in [5.41, 5.74) is 8.65. The Morgan fingerprint density at radius 1 is 1.15 bits per heavy atom. The van der Waals surface area contributed by atoms with E-state index in [2.05, 4.69) is 10.3 Å². The molecule has 0 aliphatic rings. The molecule has 0 fully saturated rings. The molecule has 2 aromatic carbocycles. The summed E-state index contributed by atoms with van der Waals surface area (Å²) in [7, 11) is 0. The van der Waals surface area contributed by atoms with Gasteiger partial charge in [-0.3, -0.25) is 9.78 Å². The number of pyridine rings is 1. The second-order valence-corrected chi connectivity index (χ2v) is 7.56. The fraction of sp³-hybridized carbons (Fsp3) is 0.273. The maximum absolute atomic E-state index is 12.8. The van der Waals surface area contributed by atoms with E-state index in [1.54, 1.807) is 6.20 Å². The van der Waals surface area contributed by atoms with Gasteiger partial charge in [0, 0.05) is 34.8 Å². The molecule has 3 rings (SSSR count). The van der Waals surface area contributed by atoms with E-state index in [1.165, 1.54) is 0 Å². The molecule has 0 spiro atoms. The van der Waals surface area contributed by atoms with Gasteiger partial charge < -0.3 is 15.8 Å². The van der Waals surface area contributed by atoms with Crippen LogP contribution in [0.25, 0.3) is 10.8 Å². The molecule has 3 N–H and O–H groups in total. The lowest BCUT2D eigenvalue weighted by Gasteiger charge is -2.23. The van der Waals surface area contributed by atoms with Crippen LogP contribution in [0.3, 0.4) is 0 Å². The number of ether oxygens (including phenoxy) is 1. The molecule has 0 bridgehead atoms. The molecule has 0 aliphatic heterocycles. The number of nitrogens with zero attached hydrogens (tertiary/aromatic N) is 1. The van der Waals surface area contributed by atoms with Crippen molar-refractivity contribution in [3.63, 3.8) is 0 Å². The molecule has 1 aromatic heterocycles. The first-order chi connectivity index (χ1) is 12.8. The Kier molecular flexibility index (Phi) is 5.04. The number of benzene rings is 2. The number of fused-ring (bicyclic) bond motifs is 1. The average molecular weight is 363 g/mol. The standard InChI is InChI=1S/C22H25N3O2/c1-14-9-10-17(23)16-11-12-24-20(19(14)16)21(26)25-13-15-7-5-6-8-18(15)27-22(2,3)4/h5-12H,13,23H2,1-4H3,(H,25,26). The third-order valence-corrected chi connectivity index (χ3v) is 4.21. The zero-order chi connectivity index (χ0) is 19.6. The molecule has 0 saturated carbocycles. The number of para-hydroxylation sites is 1. The van der Waals surface area contributed by atoms with Crippen molar-refractivity contribution in [3.05, 3.63) is 65.5 Å². The van der Waals surface area contributed by atoms with Gasteiger partial charge in [-0.15, -0.1) is 0 Å².